The second-order valence-electron chi connectivity index (χ2n) is 14.8. The highest BCUT2D eigenvalue weighted by Gasteiger charge is 2.58. The summed E-state index contributed by atoms with van der Waals surface area (Å²) in [6, 6.07) is 11.2. The van der Waals surface area contributed by atoms with Crippen LogP contribution >= 0.6 is 0 Å². The SMILES string of the molecule is COC[C@@H]1CCCN1C[Si](C)(C)[C@@H](B1OC(C)(C)C(C)(C)O1)[C@H](CCC(=O)OC(C)(C)C)CCc1ccccc1. The molecule has 2 aliphatic heterocycles. The van der Waals surface area contributed by atoms with Crippen molar-refractivity contribution < 1.29 is 23.6 Å². The molecule has 0 spiro atoms. The fourth-order valence-corrected chi connectivity index (χ4v) is 10.7. The normalized spacial score (nSPS) is 22.9. The number of carbonyl (C=O) groups excluding carboxylic acids is 1. The Morgan fingerprint density at radius 3 is 2.30 bits per heavy atom. The quantitative estimate of drug-likeness (QED) is 0.193. The van der Waals surface area contributed by atoms with Crippen molar-refractivity contribution in [3.8, 4) is 0 Å². The van der Waals surface area contributed by atoms with E-state index in [-0.39, 0.29) is 24.4 Å². The summed E-state index contributed by atoms with van der Waals surface area (Å²) < 4.78 is 25.0. The molecule has 0 radical (unpaired) electrons. The molecule has 0 unspecified atom stereocenters. The first-order chi connectivity index (χ1) is 18.5. The monoisotopic (exact) mass is 573 g/mol. The zero-order valence-electron chi connectivity index (χ0n) is 27.0. The maximum Gasteiger partial charge on any atom is 0.458 e. The lowest BCUT2D eigenvalue weighted by Crippen LogP contribution is -2.55. The van der Waals surface area contributed by atoms with Gasteiger partial charge in [-0.15, -0.1) is 0 Å². The molecule has 0 bridgehead atoms. The maximum atomic E-state index is 12.9. The summed E-state index contributed by atoms with van der Waals surface area (Å²) in [7, 11) is -0.499. The van der Waals surface area contributed by atoms with Gasteiger partial charge in [-0.25, -0.2) is 0 Å². The van der Waals surface area contributed by atoms with Crippen molar-refractivity contribution in [1.29, 1.82) is 0 Å². The third-order valence-corrected chi connectivity index (χ3v) is 13.0. The Labute approximate surface area is 246 Å². The van der Waals surface area contributed by atoms with Crippen molar-refractivity contribution in [2.45, 2.75) is 128 Å². The smallest absolute Gasteiger partial charge is 0.458 e. The van der Waals surface area contributed by atoms with Gasteiger partial charge in [0, 0.05) is 19.6 Å². The Morgan fingerprint density at radius 1 is 1.10 bits per heavy atom. The Kier molecular flexibility index (Phi) is 11.2. The predicted octanol–water partition coefficient (Wildman–Crippen LogP) is 6.72. The minimum absolute atomic E-state index is 0.121. The van der Waals surface area contributed by atoms with Gasteiger partial charge in [0.05, 0.1) is 25.9 Å². The molecule has 2 aliphatic rings. The molecule has 0 amide bonds. The molecule has 3 atom stereocenters. The molecule has 226 valence electrons. The topological polar surface area (TPSA) is 57.2 Å². The number of aryl methyl sites for hydroxylation is 1. The highest BCUT2D eigenvalue weighted by molar-refractivity contribution is 6.88. The minimum Gasteiger partial charge on any atom is -0.460 e. The van der Waals surface area contributed by atoms with Gasteiger partial charge in [0.2, 0.25) is 0 Å². The van der Waals surface area contributed by atoms with Crippen LogP contribution in [0.1, 0.15) is 86.1 Å². The van der Waals surface area contributed by atoms with Crippen LogP contribution in [0.5, 0.6) is 0 Å². The molecule has 2 heterocycles. The number of ether oxygens (including phenoxy) is 2. The van der Waals surface area contributed by atoms with E-state index in [1.807, 2.05) is 27.9 Å². The van der Waals surface area contributed by atoms with Gasteiger partial charge in [-0.05, 0) is 110 Å². The molecule has 3 rings (SSSR count). The highest BCUT2D eigenvalue weighted by Crippen LogP contribution is 2.47. The number of hydrogen-bond acceptors (Lipinski definition) is 6. The number of benzene rings is 1. The van der Waals surface area contributed by atoms with E-state index < -0.39 is 24.9 Å². The summed E-state index contributed by atoms with van der Waals surface area (Å²) in [4.78, 5) is 15.6. The van der Waals surface area contributed by atoms with Gasteiger partial charge in [-0.1, -0.05) is 43.4 Å². The molecular formula is C32H56BNO5Si. The van der Waals surface area contributed by atoms with Crippen LogP contribution in [-0.2, 0) is 30.0 Å². The number of methoxy groups -OCH3 is 1. The molecule has 0 saturated carbocycles. The standard InChI is InChI=1S/C32H56BNO5Si/c1-30(2,3)37-28(35)21-20-26(19-18-25-15-12-11-13-16-25)29(33-38-31(4,5)32(6,7)39-33)40(9,10)24-34-22-14-17-27(34)23-36-8/h11-13,15-16,26-27,29H,14,17-24H2,1-10H3/t26-,27-,29+/m0/s1. The second kappa shape index (κ2) is 13.4. The predicted molar refractivity (Wildman–Crippen MR) is 167 cm³/mol. The third-order valence-electron chi connectivity index (χ3n) is 9.23. The van der Waals surface area contributed by atoms with E-state index in [0.29, 0.717) is 12.5 Å². The van der Waals surface area contributed by atoms with Crippen molar-refractivity contribution >= 4 is 21.2 Å². The van der Waals surface area contributed by atoms with E-state index >= 15 is 0 Å². The summed E-state index contributed by atoms with van der Waals surface area (Å²) in [5.74, 6) is 0.150. The highest BCUT2D eigenvalue weighted by atomic mass is 28.3. The molecular weight excluding hydrogens is 517 g/mol. The first-order valence-electron chi connectivity index (χ1n) is 15.4. The molecule has 1 aromatic carbocycles. The van der Waals surface area contributed by atoms with Crippen LogP contribution in [0.4, 0.5) is 0 Å². The lowest BCUT2D eigenvalue weighted by molar-refractivity contribution is -0.155. The molecule has 0 aliphatic carbocycles. The first-order valence-corrected chi connectivity index (χ1v) is 18.7. The molecule has 40 heavy (non-hydrogen) atoms. The molecule has 0 N–H and O–H groups in total. The third kappa shape index (κ3) is 8.91. The van der Waals surface area contributed by atoms with Gasteiger partial charge >= 0.3 is 13.1 Å². The van der Waals surface area contributed by atoms with Crippen molar-refractivity contribution in [3.05, 3.63) is 35.9 Å². The molecule has 6 nitrogen and oxygen atoms in total. The average Bonchev–Trinajstić information content (AvgIpc) is 3.34. The largest absolute Gasteiger partial charge is 0.460 e. The van der Waals surface area contributed by atoms with Crippen LogP contribution in [0, 0.1) is 5.92 Å². The van der Waals surface area contributed by atoms with Gasteiger partial charge in [0.15, 0.2) is 0 Å². The van der Waals surface area contributed by atoms with Crippen molar-refractivity contribution in [1.82, 2.24) is 4.90 Å². The summed E-state index contributed by atoms with van der Waals surface area (Å²) in [5.41, 5.74) is 0.269. The molecule has 2 saturated heterocycles. The molecule has 2 fully saturated rings. The fraction of sp³-hybridized carbons (Fsp3) is 0.781. The number of likely N-dealkylation sites (tertiary alicyclic amines) is 1. The van der Waals surface area contributed by atoms with E-state index in [4.69, 9.17) is 18.8 Å². The zero-order valence-corrected chi connectivity index (χ0v) is 28.0. The van der Waals surface area contributed by atoms with Crippen molar-refractivity contribution in [3.63, 3.8) is 0 Å². The van der Waals surface area contributed by atoms with E-state index in [9.17, 15) is 4.79 Å². The lowest BCUT2D eigenvalue weighted by atomic mass is 9.72. The molecule has 0 aromatic heterocycles. The van der Waals surface area contributed by atoms with Crippen LogP contribution in [0.3, 0.4) is 0 Å². The van der Waals surface area contributed by atoms with Gasteiger partial charge < -0.3 is 23.7 Å². The Morgan fingerprint density at radius 2 is 1.73 bits per heavy atom. The van der Waals surface area contributed by atoms with Crippen LogP contribution in [0.15, 0.2) is 30.3 Å². The summed E-state index contributed by atoms with van der Waals surface area (Å²) in [6.07, 6.45) is 6.62. The maximum absolute atomic E-state index is 12.9. The van der Waals surface area contributed by atoms with Crippen LogP contribution < -0.4 is 0 Å². The van der Waals surface area contributed by atoms with E-state index in [1.165, 1.54) is 18.4 Å². The fourth-order valence-electron chi connectivity index (χ4n) is 6.57. The van der Waals surface area contributed by atoms with E-state index in [1.54, 1.807) is 0 Å². The number of nitrogens with zero attached hydrogens (tertiary/aromatic N) is 1. The van der Waals surface area contributed by atoms with Crippen molar-refractivity contribution in [2.75, 3.05) is 26.4 Å². The zero-order chi connectivity index (χ0) is 29.8. The van der Waals surface area contributed by atoms with Gasteiger partial charge in [0.25, 0.3) is 0 Å². The number of esters is 1. The van der Waals surface area contributed by atoms with Crippen LogP contribution in [-0.4, -0.2) is 75.3 Å². The molecule has 1 aromatic rings. The Balaban J connectivity index is 1.94. The average molecular weight is 574 g/mol. The van der Waals surface area contributed by atoms with Gasteiger partial charge in [-0.2, -0.15) is 0 Å². The summed E-state index contributed by atoms with van der Waals surface area (Å²) in [6.45, 7) is 21.3. The molecule has 8 heteroatoms. The second-order valence-corrected chi connectivity index (χ2v) is 19.7. The number of carbonyl (C=O) groups is 1. The van der Waals surface area contributed by atoms with Gasteiger partial charge in [0.1, 0.15) is 5.60 Å². The number of rotatable bonds is 13. The number of hydrogen-bond donors (Lipinski definition) is 0. The summed E-state index contributed by atoms with van der Waals surface area (Å²) >= 11 is 0. The minimum atomic E-state index is -2.01. The van der Waals surface area contributed by atoms with E-state index in [2.05, 4.69) is 76.0 Å². The lowest BCUT2D eigenvalue weighted by Gasteiger charge is -2.42. The van der Waals surface area contributed by atoms with Crippen LogP contribution in [0.25, 0.3) is 0 Å². The summed E-state index contributed by atoms with van der Waals surface area (Å²) in [5, 5.41) is 0. The van der Waals surface area contributed by atoms with Crippen LogP contribution in [0.2, 0.25) is 18.5 Å². The van der Waals surface area contributed by atoms with Crippen molar-refractivity contribution in [2.24, 2.45) is 5.92 Å². The van der Waals surface area contributed by atoms with Gasteiger partial charge in [-0.3, -0.25) is 4.79 Å². The first kappa shape index (κ1) is 33.3. The van der Waals surface area contributed by atoms with E-state index in [0.717, 1.165) is 38.6 Å². The Bertz CT molecular complexity index is 932. The Hall–Kier alpha value is -1.19.